The molecule has 0 fully saturated rings. The van der Waals surface area contributed by atoms with Gasteiger partial charge >= 0.3 is 0 Å². The fourth-order valence-electron chi connectivity index (χ4n) is 1.12. The van der Waals surface area contributed by atoms with Crippen LogP contribution in [0.2, 0.25) is 0 Å². The number of nitrogens with two attached hydrogens (primary N) is 2. The van der Waals surface area contributed by atoms with Crippen molar-refractivity contribution in [2.75, 3.05) is 13.7 Å². The number of ether oxygens (including phenoxy) is 1. The van der Waals surface area contributed by atoms with Crippen molar-refractivity contribution < 1.29 is 9.84 Å². The van der Waals surface area contributed by atoms with Crippen LogP contribution in [0.15, 0.2) is 16.6 Å². The van der Waals surface area contributed by atoms with Gasteiger partial charge in [-0.3, -0.25) is 0 Å². The average molecular weight is 261 g/mol. The third kappa shape index (κ3) is 2.17. The number of methoxy groups -OCH3 is 1. The number of rotatable bonds is 3. The Morgan fingerprint density at radius 1 is 1.57 bits per heavy atom. The Morgan fingerprint density at radius 3 is 2.71 bits per heavy atom. The minimum atomic E-state index is -0.388. The van der Waals surface area contributed by atoms with Gasteiger partial charge in [0, 0.05) is 18.2 Å². The molecule has 0 heterocycles. The maximum atomic E-state index is 9.68. The smallest absolute Gasteiger partial charge is 0.134 e. The van der Waals surface area contributed by atoms with Gasteiger partial charge in [0.1, 0.15) is 11.5 Å². The Labute approximate surface area is 91.0 Å². The molecule has 0 aliphatic heterocycles. The molecule has 0 saturated heterocycles. The lowest BCUT2D eigenvalue weighted by molar-refractivity contribution is 0.408. The van der Waals surface area contributed by atoms with E-state index in [1.807, 2.05) is 0 Å². The van der Waals surface area contributed by atoms with Gasteiger partial charge in [-0.2, -0.15) is 0 Å². The highest BCUT2D eigenvalue weighted by Gasteiger charge is 2.13. The highest BCUT2D eigenvalue weighted by Crippen LogP contribution is 2.34. The summed E-state index contributed by atoms with van der Waals surface area (Å²) in [5, 5.41) is 9.68. The lowest BCUT2D eigenvalue weighted by atomic mass is 10.1. The molecule has 0 radical (unpaired) electrons. The van der Waals surface area contributed by atoms with Gasteiger partial charge in [0.25, 0.3) is 0 Å². The van der Waals surface area contributed by atoms with Crippen LogP contribution in [-0.4, -0.2) is 18.8 Å². The van der Waals surface area contributed by atoms with Crippen LogP contribution in [0.5, 0.6) is 11.5 Å². The predicted molar refractivity (Wildman–Crippen MR) is 58.3 cm³/mol. The maximum absolute atomic E-state index is 9.68. The van der Waals surface area contributed by atoms with Crippen LogP contribution in [0, 0.1) is 0 Å². The van der Waals surface area contributed by atoms with E-state index in [1.165, 1.54) is 0 Å². The van der Waals surface area contributed by atoms with Crippen LogP contribution in [0.4, 0.5) is 0 Å². The van der Waals surface area contributed by atoms with Crippen molar-refractivity contribution in [2.24, 2.45) is 11.5 Å². The second-order valence-electron chi connectivity index (χ2n) is 2.89. The van der Waals surface area contributed by atoms with E-state index >= 15 is 0 Å². The minimum Gasteiger partial charge on any atom is -0.506 e. The van der Waals surface area contributed by atoms with Gasteiger partial charge in [0.15, 0.2) is 0 Å². The van der Waals surface area contributed by atoms with Crippen molar-refractivity contribution >= 4 is 15.9 Å². The second kappa shape index (κ2) is 4.63. The quantitative estimate of drug-likeness (QED) is 0.761. The Balaban J connectivity index is 3.20. The highest BCUT2D eigenvalue weighted by molar-refractivity contribution is 9.10. The predicted octanol–water partition coefficient (Wildman–Crippen LogP) is 1.12. The van der Waals surface area contributed by atoms with Gasteiger partial charge in [-0.1, -0.05) is 0 Å². The number of benzene rings is 1. The van der Waals surface area contributed by atoms with Crippen molar-refractivity contribution in [1.29, 1.82) is 0 Å². The molecular weight excluding hydrogens is 248 g/mol. The molecule has 1 atom stereocenters. The third-order valence-electron chi connectivity index (χ3n) is 1.96. The van der Waals surface area contributed by atoms with E-state index < -0.39 is 0 Å². The van der Waals surface area contributed by atoms with Gasteiger partial charge in [-0.15, -0.1) is 0 Å². The molecule has 0 aliphatic rings. The van der Waals surface area contributed by atoms with Crippen molar-refractivity contribution in [3.8, 4) is 11.5 Å². The number of phenolic OH excluding ortho intramolecular Hbond substituents is 1. The number of hydrogen-bond donors (Lipinski definition) is 3. The molecule has 0 amide bonds. The van der Waals surface area contributed by atoms with Crippen molar-refractivity contribution in [3.63, 3.8) is 0 Å². The first-order chi connectivity index (χ1) is 6.60. The monoisotopic (exact) mass is 260 g/mol. The van der Waals surface area contributed by atoms with E-state index in [0.29, 0.717) is 15.8 Å². The van der Waals surface area contributed by atoms with E-state index in [2.05, 4.69) is 15.9 Å². The molecule has 0 aliphatic carbocycles. The normalized spacial score (nSPS) is 12.6. The summed E-state index contributed by atoms with van der Waals surface area (Å²) in [6.45, 7) is 0.271. The minimum absolute atomic E-state index is 0.115. The molecule has 1 aromatic rings. The zero-order valence-corrected chi connectivity index (χ0v) is 9.41. The molecule has 5 N–H and O–H groups in total. The summed E-state index contributed by atoms with van der Waals surface area (Å²) in [5.74, 6) is 0.748. The van der Waals surface area contributed by atoms with E-state index in [9.17, 15) is 5.11 Å². The summed E-state index contributed by atoms with van der Waals surface area (Å²) in [6, 6.07) is 2.96. The van der Waals surface area contributed by atoms with Gasteiger partial charge in [-0.05, 0) is 28.1 Å². The van der Waals surface area contributed by atoms with Crippen LogP contribution < -0.4 is 16.2 Å². The maximum Gasteiger partial charge on any atom is 0.134 e. The van der Waals surface area contributed by atoms with E-state index in [-0.39, 0.29) is 18.3 Å². The van der Waals surface area contributed by atoms with Crippen LogP contribution >= 0.6 is 15.9 Å². The summed E-state index contributed by atoms with van der Waals surface area (Å²) in [4.78, 5) is 0. The van der Waals surface area contributed by atoms with Gasteiger partial charge in [0.05, 0.1) is 11.6 Å². The first kappa shape index (κ1) is 11.3. The van der Waals surface area contributed by atoms with Crippen LogP contribution in [-0.2, 0) is 0 Å². The molecule has 5 heteroatoms. The van der Waals surface area contributed by atoms with Crippen LogP contribution in [0.25, 0.3) is 0 Å². The molecular formula is C9H13BrN2O2. The fourth-order valence-corrected chi connectivity index (χ4v) is 1.58. The van der Waals surface area contributed by atoms with Gasteiger partial charge in [0.2, 0.25) is 0 Å². The van der Waals surface area contributed by atoms with E-state index in [1.54, 1.807) is 19.2 Å². The molecule has 0 bridgehead atoms. The molecule has 78 valence electrons. The lowest BCUT2D eigenvalue weighted by Crippen LogP contribution is -2.20. The number of halogens is 1. The van der Waals surface area contributed by atoms with E-state index in [0.717, 1.165) is 0 Å². The molecule has 1 aromatic carbocycles. The van der Waals surface area contributed by atoms with Crippen LogP contribution in [0.1, 0.15) is 11.6 Å². The third-order valence-corrected chi connectivity index (χ3v) is 2.56. The molecule has 0 spiro atoms. The molecule has 1 rings (SSSR count). The first-order valence-electron chi connectivity index (χ1n) is 4.12. The molecule has 1 unspecified atom stereocenters. The molecule has 4 nitrogen and oxygen atoms in total. The van der Waals surface area contributed by atoms with E-state index in [4.69, 9.17) is 16.2 Å². The molecule has 14 heavy (non-hydrogen) atoms. The Kier molecular flexibility index (Phi) is 3.74. The van der Waals surface area contributed by atoms with Crippen molar-refractivity contribution in [1.82, 2.24) is 0 Å². The van der Waals surface area contributed by atoms with Crippen molar-refractivity contribution in [2.45, 2.75) is 6.04 Å². The van der Waals surface area contributed by atoms with Gasteiger partial charge < -0.3 is 21.3 Å². The standard InChI is InChI=1S/C9H13BrN2O2/c1-14-5-2-6(8(12)4-11)9(13)7(10)3-5/h2-3,8,13H,4,11-12H2,1H3. The largest absolute Gasteiger partial charge is 0.506 e. The first-order valence-corrected chi connectivity index (χ1v) is 4.91. The SMILES string of the molecule is COc1cc(Br)c(O)c(C(N)CN)c1. The summed E-state index contributed by atoms with van der Waals surface area (Å²) in [7, 11) is 1.55. The summed E-state index contributed by atoms with van der Waals surface area (Å²) in [5.41, 5.74) is 11.7. The molecule has 0 aromatic heterocycles. The highest BCUT2D eigenvalue weighted by atomic mass is 79.9. The summed E-state index contributed by atoms with van der Waals surface area (Å²) >= 11 is 3.21. The van der Waals surface area contributed by atoms with Crippen molar-refractivity contribution in [3.05, 3.63) is 22.2 Å². The average Bonchev–Trinajstić information content (AvgIpc) is 2.20. The lowest BCUT2D eigenvalue weighted by Gasteiger charge is -2.13. The zero-order valence-electron chi connectivity index (χ0n) is 7.83. The Hall–Kier alpha value is -0.780. The van der Waals surface area contributed by atoms with Gasteiger partial charge in [-0.25, -0.2) is 0 Å². The fraction of sp³-hybridized carbons (Fsp3) is 0.333. The summed E-state index contributed by atoms with van der Waals surface area (Å²) in [6.07, 6.45) is 0. The Morgan fingerprint density at radius 2 is 2.21 bits per heavy atom. The zero-order chi connectivity index (χ0) is 10.7. The Bertz CT molecular complexity index is 331. The number of phenols is 1. The van der Waals surface area contributed by atoms with Crippen LogP contribution in [0.3, 0.4) is 0 Å². The second-order valence-corrected chi connectivity index (χ2v) is 3.74. The number of aromatic hydroxyl groups is 1. The molecule has 0 saturated carbocycles. The summed E-state index contributed by atoms with van der Waals surface area (Å²) < 4.78 is 5.60. The topological polar surface area (TPSA) is 81.5 Å². The number of hydrogen-bond acceptors (Lipinski definition) is 4.